The van der Waals surface area contributed by atoms with Gasteiger partial charge in [-0.25, -0.2) is 4.79 Å². The molecule has 1 aromatic carbocycles. The van der Waals surface area contributed by atoms with Gasteiger partial charge in [0.15, 0.2) is 0 Å². The Morgan fingerprint density at radius 1 is 1.32 bits per heavy atom. The standard InChI is InChI=1S/C14H22N2O3/c1-14(2,3)19-12-7-5-11(6-8-12)15-13(18)16(4)9-10-17/h5-8,17H,9-10H2,1-4H3,(H,15,18). The fraction of sp³-hybridized carbons (Fsp3) is 0.500. The molecule has 0 aromatic heterocycles. The molecular formula is C14H22N2O3. The summed E-state index contributed by atoms with van der Waals surface area (Å²) in [5, 5.41) is 11.5. The zero-order chi connectivity index (χ0) is 14.5. The fourth-order valence-corrected chi connectivity index (χ4v) is 1.43. The Bertz CT molecular complexity index is 410. The van der Waals surface area contributed by atoms with E-state index in [2.05, 4.69) is 5.32 Å². The normalized spacial score (nSPS) is 11.0. The maximum Gasteiger partial charge on any atom is 0.321 e. The van der Waals surface area contributed by atoms with Crippen LogP contribution in [0.1, 0.15) is 20.8 Å². The van der Waals surface area contributed by atoms with Crippen molar-refractivity contribution in [3.05, 3.63) is 24.3 Å². The average Bonchev–Trinajstić information content (AvgIpc) is 2.30. The van der Waals surface area contributed by atoms with E-state index in [0.717, 1.165) is 5.75 Å². The largest absolute Gasteiger partial charge is 0.488 e. The summed E-state index contributed by atoms with van der Waals surface area (Å²) in [5.74, 6) is 0.759. The van der Waals surface area contributed by atoms with Crippen molar-refractivity contribution in [1.29, 1.82) is 0 Å². The number of amides is 2. The topological polar surface area (TPSA) is 61.8 Å². The number of nitrogens with one attached hydrogen (secondary N) is 1. The summed E-state index contributed by atoms with van der Waals surface area (Å²) in [7, 11) is 1.63. The van der Waals surface area contributed by atoms with Gasteiger partial charge >= 0.3 is 6.03 Å². The molecular weight excluding hydrogens is 244 g/mol. The summed E-state index contributed by atoms with van der Waals surface area (Å²) >= 11 is 0. The Hall–Kier alpha value is -1.75. The van der Waals surface area contributed by atoms with Crippen LogP contribution in [0.5, 0.6) is 5.75 Å². The van der Waals surface area contributed by atoms with E-state index < -0.39 is 0 Å². The van der Waals surface area contributed by atoms with Crippen molar-refractivity contribution < 1.29 is 14.6 Å². The van der Waals surface area contributed by atoms with Crippen molar-refractivity contribution in [1.82, 2.24) is 4.90 Å². The summed E-state index contributed by atoms with van der Waals surface area (Å²) in [6.45, 7) is 6.19. The van der Waals surface area contributed by atoms with Gasteiger partial charge in [0.2, 0.25) is 0 Å². The number of urea groups is 1. The maximum atomic E-state index is 11.7. The third-order valence-electron chi connectivity index (χ3n) is 2.31. The highest BCUT2D eigenvalue weighted by molar-refractivity contribution is 5.89. The molecule has 1 rings (SSSR count). The van der Waals surface area contributed by atoms with Crippen molar-refractivity contribution in [3.8, 4) is 5.75 Å². The Balaban J connectivity index is 2.59. The number of nitrogens with zero attached hydrogens (tertiary/aromatic N) is 1. The second-order valence-corrected chi connectivity index (χ2v) is 5.31. The minimum absolute atomic E-state index is 0.0533. The molecule has 1 aromatic rings. The first kappa shape index (κ1) is 15.3. The van der Waals surface area contributed by atoms with E-state index in [-0.39, 0.29) is 18.2 Å². The Kier molecular flexibility index (Phi) is 5.18. The number of hydrogen-bond donors (Lipinski definition) is 2. The summed E-state index contributed by atoms with van der Waals surface area (Å²) < 4.78 is 5.69. The lowest BCUT2D eigenvalue weighted by molar-refractivity contribution is 0.131. The van der Waals surface area contributed by atoms with Crippen LogP contribution in [0.15, 0.2) is 24.3 Å². The lowest BCUT2D eigenvalue weighted by atomic mass is 10.2. The molecule has 0 saturated carbocycles. The summed E-state index contributed by atoms with van der Waals surface area (Å²) in [6.07, 6.45) is 0. The molecule has 0 aliphatic heterocycles. The van der Waals surface area contributed by atoms with Gasteiger partial charge in [-0.05, 0) is 45.0 Å². The number of carbonyl (C=O) groups is 1. The molecule has 0 aliphatic carbocycles. The quantitative estimate of drug-likeness (QED) is 0.879. The number of likely N-dealkylation sites (N-methyl/N-ethyl adjacent to an activating group) is 1. The van der Waals surface area contributed by atoms with E-state index in [9.17, 15) is 4.79 Å². The molecule has 0 aliphatic rings. The number of carbonyl (C=O) groups excluding carboxylic acids is 1. The van der Waals surface area contributed by atoms with Crippen LogP contribution in [0.25, 0.3) is 0 Å². The van der Waals surface area contributed by atoms with Crippen LogP contribution in [0.3, 0.4) is 0 Å². The second-order valence-electron chi connectivity index (χ2n) is 5.31. The monoisotopic (exact) mass is 266 g/mol. The first-order valence-corrected chi connectivity index (χ1v) is 6.24. The molecule has 0 bridgehead atoms. The van der Waals surface area contributed by atoms with Gasteiger partial charge in [0, 0.05) is 19.3 Å². The van der Waals surface area contributed by atoms with Crippen LogP contribution in [0, 0.1) is 0 Å². The van der Waals surface area contributed by atoms with Crippen molar-refractivity contribution in [2.45, 2.75) is 26.4 Å². The predicted octanol–water partition coefficient (Wildman–Crippen LogP) is 2.32. The lowest BCUT2D eigenvalue weighted by Crippen LogP contribution is -2.33. The average molecular weight is 266 g/mol. The molecule has 0 fully saturated rings. The van der Waals surface area contributed by atoms with Crippen molar-refractivity contribution in [2.75, 3.05) is 25.5 Å². The van der Waals surface area contributed by atoms with Gasteiger partial charge in [-0.15, -0.1) is 0 Å². The van der Waals surface area contributed by atoms with Crippen LogP contribution in [-0.2, 0) is 0 Å². The summed E-state index contributed by atoms with van der Waals surface area (Å²) in [6, 6.07) is 6.94. The molecule has 0 unspecified atom stereocenters. The number of anilines is 1. The van der Waals surface area contributed by atoms with E-state index in [0.29, 0.717) is 12.2 Å². The van der Waals surface area contributed by atoms with E-state index in [1.807, 2.05) is 32.9 Å². The van der Waals surface area contributed by atoms with E-state index in [4.69, 9.17) is 9.84 Å². The smallest absolute Gasteiger partial charge is 0.321 e. The fourth-order valence-electron chi connectivity index (χ4n) is 1.43. The van der Waals surface area contributed by atoms with Crippen LogP contribution in [0.4, 0.5) is 10.5 Å². The Morgan fingerprint density at radius 3 is 2.37 bits per heavy atom. The first-order chi connectivity index (χ1) is 8.81. The number of aliphatic hydroxyl groups is 1. The highest BCUT2D eigenvalue weighted by Crippen LogP contribution is 2.20. The molecule has 5 nitrogen and oxygen atoms in total. The van der Waals surface area contributed by atoms with Gasteiger partial charge in [0.05, 0.1) is 6.61 Å². The van der Waals surface area contributed by atoms with Crippen LogP contribution in [-0.4, -0.2) is 41.8 Å². The van der Waals surface area contributed by atoms with Gasteiger partial charge in [-0.1, -0.05) is 0 Å². The molecule has 19 heavy (non-hydrogen) atoms. The SMILES string of the molecule is CN(CCO)C(=O)Nc1ccc(OC(C)(C)C)cc1. The van der Waals surface area contributed by atoms with Gasteiger partial charge < -0.3 is 20.1 Å². The zero-order valence-corrected chi connectivity index (χ0v) is 11.9. The van der Waals surface area contributed by atoms with Gasteiger partial charge in [0.1, 0.15) is 11.4 Å². The minimum atomic E-state index is -0.251. The number of rotatable bonds is 4. The third-order valence-corrected chi connectivity index (χ3v) is 2.31. The molecule has 0 radical (unpaired) electrons. The van der Waals surface area contributed by atoms with E-state index in [1.54, 1.807) is 19.2 Å². The van der Waals surface area contributed by atoms with Crippen molar-refractivity contribution in [3.63, 3.8) is 0 Å². The number of benzene rings is 1. The van der Waals surface area contributed by atoms with E-state index >= 15 is 0 Å². The highest BCUT2D eigenvalue weighted by atomic mass is 16.5. The predicted molar refractivity (Wildman–Crippen MR) is 75.6 cm³/mol. The highest BCUT2D eigenvalue weighted by Gasteiger charge is 2.12. The summed E-state index contributed by atoms with van der Waals surface area (Å²) in [4.78, 5) is 13.1. The lowest BCUT2D eigenvalue weighted by Gasteiger charge is -2.21. The molecule has 5 heteroatoms. The van der Waals surface area contributed by atoms with Gasteiger partial charge in [-0.3, -0.25) is 0 Å². The zero-order valence-electron chi connectivity index (χ0n) is 11.9. The molecule has 0 heterocycles. The molecule has 0 atom stereocenters. The number of hydrogen-bond acceptors (Lipinski definition) is 3. The summed E-state index contributed by atoms with van der Waals surface area (Å²) in [5.41, 5.74) is 0.447. The number of ether oxygens (including phenoxy) is 1. The van der Waals surface area contributed by atoms with Crippen molar-refractivity contribution >= 4 is 11.7 Å². The van der Waals surface area contributed by atoms with Gasteiger partial charge in [-0.2, -0.15) is 0 Å². The Labute approximate surface area is 114 Å². The van der Waals surface area contributed by atoms with Crippen LogP contribution >= 0.6 is 0 Å². The van der Waals surface area contributed by atoms with Gasteiger partial charge in [0.25, 0.3) is 0 Å². The first-order valence-electron chi connectivity index (χ1n) is 6.24. The molecule has 2 N–H and O–H groups in total. The third kappa shape index (κ3) is 5.61. The van der Waals surface area contributed by atoms with Crippen molar-refractivity contribution in [2.24, 2.45) is 0 Å². The molecule has 106 valence electrons. The minimum Gasteiger partial charge on any atom is -0.488 e. The van der Waals surface area contributed by atoms with Crippen LogP contribution < -0.4 is 10.1 Å². The van der Waals surface area contributed by atoms with E-state index in [1.165, 1.54) is 4.90 Å². The Morgan fingerprint density at radius 2 is 1.89 bits per heavy atom. The molecule has 0 saturated heterocycles. The number of aliphatic hydroxyl groups excluding tert-OH is 1. The molecule has 0 spiro atoms. The molecule has 2 amide bonds. The van der Waals surface area contributed by atoms with Crippen LogP contribution in [0.2, 0.25) is 0 Å². The maximum absolute atomic E-state index is 11.7. The second kappa shape index (κ2) is 6.43.